The van der Waals surface area contributed by atoms with Crippen LogP contribution in [0.5, 0.6) is 0 Å². The SMILES string of the molecule is CC(C)(C)CNc1nccc(N2CCC(N)C2)n1. The summed E-state index contributed by atoms with van der Waals surface area (Å²) in [6.45, 7) is 9.28. The van der Waals surface area contributed by atoms with E-state index in [0.717, 1.165) is 31.9 Å². The molecule has 2 heterocycles. The molecule has 3 N–H and O–H groups in total. The van der Waals surface area contributed by atoms with E-state index in [1.54, 1.807) is 6.20 Å². The van der Waals surface area contributed by atoms with E-state index in [2.05, 4.69) is 41.0 Å². The third-order valence-electron chi connectivity index (χ3n) is 2.97. The highest BCUT2D eigenvalue weighted by atomic mass is 15.2. The number of rotatable bonds is 3. The molecule has 0 aliphatic carbocycles. The van der Waals surface area contributed by atoms with E-state index in [1.807, 2.05) is 6.07 Å². The second-order valence-corrected chi connectivity index (χ2v) is 6.15. The van der Waals surface area contributed by atoms with Gasteiger partial charge in [-0.05, 0) is 17.9 Å². The molecule has 1 saturated heterocycles. The predicted molar refractivity (Wildman–Crippen MR) is 74.8 cm³/mol. The highest BCUT2D eigenvalue weighted by molar-refractivity contribution is 5.43. The van der Waals surface area contributed by atoms with Gasteiger partial charge in [0.2, 0.25) is 5.95 Å². The Hall–Kier alpha value is -1.36. The topological polar surface area (TPSA) is 67.1 Å². The van der Waals surface area contributed by atoms with Crippen LogP contribution in [-0.2, 0) is 0 Å². The molecule has 1 fully saturated rings. The van der Waals surface area contributed by atoms with Crippen LogP contribution in [0.4, 0.5) is 11.8 Å². The van der Waals surface area contributed by atoms with Gasteiger partial charge in [-0.1, -0.05) is 20.8 Å². The van der Waals surface area contributed by atoms with Crippen molar-refractivity contribution in [2.24, 2.45) is 11.1 Å². The van der Waals surface area contributed by atoms with Crippen LogP contribution in [0, 0.1) is 5.41 Å². The van der Waals surface area contributed by atoms with Crippen molar-refractivity contribution in [1.29, 1.82) is 0 Å². The van der Waals surface area contributed by atoms with Crippen LogP contribution < -0.4 is 16.0 Å². The number of hydrogen-bond acceptors (Lipinski definition) is 5. The first-order chi connectivity index (χ1) is 8.44. The molecule has 18 heavy (non-hydrogen) atoms. The maximum absolute atomic E-state index is 5.92. The van der Waals surface area contributed by atoms with Crippen LogP contribution in [0.15, 0.2) is 12.3 Å². The highest BCUT2D eigenvalue weighted by Crippen LogP contribution is 2.19. The van der Waals surface area contributed by atoms with Crippen LogP contribution in [0.3, 0.4) is 0 Å². The molecule has 0 radical (unpaired) electrons. The van der Waals surface area contributed by atoms with Crippen molar-refractivity contribution in [3.05, 3.63) is 12.3 Å². The van der Waals surface area contributed by atoms with Gasteiger partial charge in [-0.3, -0.25) is 0 Å². The van der Waals surface area contributed by atoms with E-state index in [1.165, 1.54) is 0 Å². The van der Waals surface area contributed by atoms with Crippen LogP contribution >= 0.6 is 0 Å². The van der Waals surface area contributed by atoms with Gasteiger partial charge < -0.3 is 16.0 Å². The van der Waals surface area contributed by atoms with Gasteiger partial charge in [0, 0.05) is 31.9 Å². The van der Waals surface area contributed by atoms with Gasteiger partial charge >= 0.3 is 0 Å². The Morgan fingerprint density at radius 1 is 1.50 bits per heavy atom. The first-order valence-electron chi connectivity index (χ1n) is 6.51. The number of aromatic nitrogens is 2. The summed E-state index contributed by atoms with van der Waals surface area (Å²) in [7, 11) is 0. The lowest BCUT2D eigenvalue weighted by atomic mass is 9.97. The average Bonchev–Trinajstić information content (AvgIpc) is 2.73. The number of nitrogens with two attached hydrogens (primary N) is 1. The lowest BCUT2D eigenvalue weighted by Crippen LogP contribution is -2.27. The van der Waals surface area contributed by atoms with E-state index < -0.39 is 0 Å². The predicted octanol–water partition coefficient (Wildman–Crippen LogP) is 1.47. The van der Waals surface area contributed by atoms with Crippen molar-refractivity contribution in [3.63, 3.8) is 0 Å². The lowest BCUT2D eigenvalue weighted by molar-refractivity contribution is 0.442. The molecule has 1 aliphatic rings. The summed E-state index contributed by atoms with van der Waals surface area (Å²) < 4.78 is 0. The zero-order chi connectivity index (χ0) is 13.2. The van der Waals surface area contributed by atoms with Gasteiger partial charge in [-0.2, -0.15) is 4.98 Å². The van der Waals surface area contributed by atoms with Gasteiger partial charge in [-0.15, -0.1) is 0 Å². The van der Waals surface area contributed by atoms with Gasteiger partial charge in [0.15, 0.2) is 0 Å². The summed E-state index contributed by atoms with van der Waals surface area (Å²) in [5, 5.41) is 3.28. The molecule has 0 spiro atoms. The summed E-state index contributed by atoms with van der Waals surface area (Å²) in [5.41, 5.74) is 6.13. The standard InChI is InChI=1S/C13H23N5/c1-13(2,3)9-16-12-15-6-4-11(17-12)18-7-5-10(14)8-18/h4,6,10H,5,7-9,14H2,1-3H3,(H,15,16,17). The van der Waals surface area contributed by atoms with Gasteiger partial charge in [0.05, 0.1) is 0 Å². The quantitative estimate of drug-likeness (QED) is 0.849. The second-order valence-electron chi connectivity index (χ2n) is 6.15. The summed E-state index contributed by atoms with van der Waals surface area (Å²) in [5.74, 6) is 1.66. The summed E-state index contributed by atoms with van der Waals surface area (Å²) >= 11 is 0. The molecular formula is C13H23N5. The van der Waals surface area contributed by atoms with Gasteiger partial charge in [0.25, 0.3) is 0 Å². The Kier molecular flexibility index (Phi) is 3.71. The largest absolute Gasteiger partial charge is 0.355 e. The smallest absolute Gasteiger partial charge is 0.224 e. The van der Waals surface area contributed by atoms with Crippen molar-refractivity contribution in [1.82, 2.24) is 9.97 Å². The van der Waals surface area contributed by atoms with E-state index >= 15 is 0 Å². The molecule has 100 valence electrons. The average molecular weight is 249 g/mol. The molecular weight excluding hydrogens is 226 g/mol. The van der Waals surface area contributed by atoms with Crippen LogP contribution in [-0.4, -0.2) is 35.6 Å². The molecule has 1 aromatic rings. The first-order valence-corrected chi connectivity index (χ1v) is 6.51. The number of nitrogens with zero attached hydrogens (tertiary/aromatic N) is 3. The van der Waals surface area contributed by atoms with Crippen LogP contribution in [0.2, 0.25) is 0 Å². The second kappa shape index (κ2) is 5.10. The van der Waals surface area contributed by atoms with Gasteiger partial charge in [-0.25, -0.2) is 4.98 Å². The molecule has 1 unspecified atom stereocenters. The zero-order valence-corrected chi connectivity index (χ0v) is 11.5. The Bertz CT molecular complexity index is 399. The fraction of sp³-hybridized carbons (Fsp3) is 0.692. The van der Waals surface area contributed by atoms with Crippen molar-refractivity contribution < 1.29 is 0 Å². The molecule has 0 aromatic carbocycles. The molecule has 0 amide bonds. The fourth-order valence-electron chi connectivity index (χ4n) is 1.95. The Morgan fingerprint density at radius 3 is 2.89 bits per heavy atom. The monoisotopic (exact) mass is 249 g/mol. The van der Waals surface area contributed by atoms with Crippen LogP contribution in [0.25, 0.3) is 0 Å². The summed E-state index contributed by atoms with van der Waals surface area (Å²) in [6.07, 6.45) is 2.84. The van der Waals surface area contributed by atoms with Crippen molar-refractivity contribution in [2.45, 2.75) is 33.2 Å². The van der Waals surface area contributed by atoms with Crippen LogP contribution in [0.1, 0.15) is 27.2 Å². The summed E-state index contributed by atoms with van der Waals surface area (Å²) in [4.78, 5) is 11.0. The van der Waals surface area contributed by atoms with Crippen molar-refractivity contribution in [3.8, 4) is 0 Å². The number of anilines is 2. The molecule has 1 aromatic heterocycles. The number of nitrogens with one attached hydrogen (secondary N) is 1. The Labute approximate surface area is 109 Å². The Balaban J connectivity index is 2.01. The van der Waals surface area contributed by atoms with E-state index in [4.69, 9.17) is 5.73 Å². The highest BCUT2D eigenvalue weighted by Gasteiger charge is 2.20. The fourth-order valence-corrected chi connectivity index (χ4v) is 1.95. The van der Waals surface area contributed by atoms with Gasteiger partial charge in [0.1, 0.15) is 5.82 Å². The van der Waals surface area contributed by atoms with E-state index in [-0.39, 0.29) is 11.5 Å². The molecule has 5 nitrogen and oxygen atoms in total. The number of hydrogen-bond donors (Lipinski definition) is 2. The lowest BCUT2D eigenvalue weighted by Gasteiger charge is -2.20. The third kappa shape index (κ3) is 3.57. The molecule has 1 atom stereocenters. The summed E-state index contributed by atoms with van der Waals surface area (Å²) in [6, 6.07) is 2.21. The molecule has 0 saturated carbocycles. The maximum Gasteiger partial charge on any atom is 0.224 e. The minimum Gasteiger partial charge on any atom is -0.355 e. The van der Waals surface area contributed by atoms with Crippen molar-refractivity contribution in [2.75, 3.05) is 29.9 Å². The zero-order valence-electron chi connectivity index (χ0n) is 11.5. The van der Waals surface area contributed by atoms with E-state index in [9.17, 15) is 0 Å². The minimum atomic E-state index is 0.218. The third-order valence-corrected chi connectivity index (χ3v) is 2.97. The molecule has 1 aliphatic heterocycles. The normalized spacial score (nSPS) is 20.2. The first kappa shape index (κ1) is 13.1. The van der Waals surface area contributed by atoms with E-state index in [0.29, 0.717) is 5.95 Å². The Morgan fingerprint density at radius 2 is 2.28 bits per heavy atom. The van der Waals surface area contributed by atoms with Crippen molar-refractivity contribution >= 4 is 11.8 Å². The maximum atomic E-state index is 5.92. The minimum absolute atomic E-state index is 0.218. The molecule has 2 rings (SSSR count). The molecule has 0 bridgehead atoms. The molecule has 5 heteroatoms.